The van der Waals surface area contributed by atoms with E-state index in [-0.39, 0.29) is 18.4 Å². The molecule has 2 aliphatic heterocycles. The molecule has 26 heavy (non-hydrogen) atoms. The molecule has 2 saturated heterocycles. The van der Waals surface area contributed by atoms with Crippen LogP contribution in [0.15, 0.2) is 40.9 Å². The van der Waals surface area contributed by atoms with Crippen LogP contribution in [0.2, 0.25) is 0 Å². The predicted molar refractivity (Wildman–Crippen MR) is 94.8 cm³/mol. The minimum absolute atomic E-state index is 0.0202. The summed E-state index contributed by atoms with van der Waals surface area (Å²) >= 11 is 0. The van der Waals surface area contributed by atoms with Crippen LogP contribution in [-0.2, 0) is 20.7 Å². The summed E-state index contributed by atoms with van der Waals surface area (Å²) in [5.41, 5.74) is 1.63. The largest absolute Gasteiger partial charge is 0.377 e. The standard InChI is InChI=1S/C20H24N2O4/c1-14-8-17(26-21-14)9-19(23)22-11-18(24-2)20(13-22)10-16(12-25-20)15-6-4-3-5-7-15/h3-8,16,18H,9-13H2,1-2H3/t16-,18+,20+/m0/s1. The van der Waals surface area contributed by atoms with Crippen LogP contribution in [-0.4, -0.2) is 54.5 Å². The molecule has 1 aromatic heterocycles. The predicted octanol–water partition coefficient (Wildman–Crippen LogP) is 2.33. The molecule has 0 unspecified atom stereocenters. The fraction of sp³-hybridized carbons (Fsp3) is 0.500. The van der Waals surface area contributed by atoms with Crippen molar-refractivity contribution in [2.75, 3.05) is 26.8 Å². The summed E-state index contributed by atoms with van der Waals surface area (Å²) in [5, 5.41) is 3.85. The van der Waals surface area contributed by atoms with E-state index in [1.165, 1.54) is 5.56 Å². The van der Waals surface area contributed by atoms with Crippen LogP contribution in [0.4, 0.5) is 0 Å². The fourth-order valence-corrected chi connectivity index (χ4v) is 4.17. The molecule has 3 heterocycles. The van der Waals surface area contributed by atoms with Crippen molar-refractivity contribution in [3.63, 3.8) is 0 Å². The second-order valence-electron chi connectivity index (χ2n) is 7.30. The molecule has 1 amide bonds. The Bertz CT molecular complexity index is 775. The van der Waals surface area contributed by atoms with E-state index in [2.05, 4.69) is 29.4 Å². The number of likely N-dealkylation sites (tertiary alicyclic amines) is 1. The third-order valence-corrected chi connectivity index (χ3v) is 5.51. The van der Waals surface area contributed by atoms with E-state index in [0.717, 1.165) is 12.1 Å². The second kappa shape index (κ2) is 6.85. The van der Waals surface area contributed by atoms with E-state index in [0.29, 0.717) is 31.4 Å². The van der Waals surface area contributed by atoms with Gasteiger partial charge in [-0.3, -0.25) is 4.79 Å². The summed E-state index contributed by atoms with van der Waals surface area (Å²) in [6.07, 6.45) is 0.965. The molecule has 2 aliphatic rings. The van der Waals surface area contributed by atoms with Gasteiger partial charge < -0.3 is 18.9 Å². The summed E-state index contributed by atoms with van der Waals surface area (Å²) in [7, 11) is 1.69. The van der Waals surface area contributed by atoms with Gasteiger partial charge in [-0.25, -0.2) is 0 Å². The molecule has 0 aliphatic carbocycles. The monoisotopic (exact) mass is 356 g/mol. The van der Waals surface area contributed by atoms with E-state index in [4.69, 9.17) is 14.0 Å². The number of aromatic nitrogens is 1. The molecule has 6 heteroatoms. The third kappa shape index (κ3) is 3.15. The number of methoxy groups -OCH3 is 1. The molecule has 138 valence electrons. The average molecular weight is 356 g/mol. The van der Waals surface area contributed by atoms with Crippen LogP contribution >= 0.6 is 0 Å². The zero-order chi connectivity index (χ0) is 18.1. The Labute approximate surface area is 153 Å². The Morgan fingerprint density at radius 1 is 1.38 bits per heavy atom. The van der Waals surface area contributed by atoms with Crippen molar-refractivity contribution in [2.45, 2.75) is 37.4 Å². The van der Waals surface area contributed by atoms with Gasteiger partial charge in [0.1, 0.15) is 17.5 Å². The van der Waals surface area contributed by atoms with E-state index >= 15 is 0 Å². The Morgan fingerprint density at radius 3 is 2.88 bits per heavy atom. The van der Waals surface area contributed by atoms with Gasteiger partial charge >= 0.3 is 0 Å². The van der Waals surface area contributed by atoms with Crippen molar-refractivity contribution in [1.29, 1.82) is 0 Å². The Hall–Kier alpha value is -2.18. The highest BCUT2D eigenvalue weighted by Crippen LogP contribution is 2.43. The quantitative estimate of drug-likeness (QED) is 0.841. The molecule has 3 atom stereocenters. The molecule has 0 N–H and O–H groups in total. The number of carbonyl (C=O) groups excluding carboxylic acids is 1. The van der Waals surface area contributed by atoms with Crippen molar-refractivity contribution < 1.29 is 18.8 Å². The lowest BCUT2D eigenvalue weighted by Crippen LogP contribution is -2.42. The van der Waals surface area contributed by atoms with Crippen LogP contribution in [0.3, 0.4) is 0 Å². The van der Waals surface area contributed by atoms with Gasteiger partial charge in [0.25, 0.3) is 0 Å². The van der Waals surface area contributed by atoms with Crippen molar-refractivity contribution in [3.8, 4) is 0 Å². The van der Waals surface area contributed by atoms with Gasteiger partial charge in [-0.1, -0.05) is 35.5 Å². The molecule has 2 aromatic rings. The molecular formula is C20H24N2O4. The van der Waals surface area contributed by atoms with Crippen LogP contribution in [0.1, 0.15) is 29.4 Å². The number of ether oxygens (including phenoxy) is 2. The van der Waals surface area contributed by atoms with Crippen LogP contribution in [0, 0.1) is 6.92 Å². The number of amides is 1. The van der Waals surface area contributed by atoms with Crippen molar-refractivity contribution in [3.05, 3.63) is 53.4 Å². The molecule has 2 fully saturated rings. The van der Waals surface area contributed by atoms with E-state index < -0.39 is 5.60 Å². The van der Waals surface area contributed by atoms with Gasteiger partial charge in [-0.15, -0.1) is 0 Å². The zero-order valence-electron chi connectivity index (χ0n) is 15.2. The summed E-state index contributed by atoms with van der Waals surface area (Å²) < 4.78 is 17.1. The summed E-state index contributed by atoms with van der Waals surface area (Å²) in [4.78, 5) is 14.5. The number of hydrogen-bond donors (Lipinski definition) is 0. The first-order valence-electron chi connectivity index (χ1n) is 9.01. The molecule has 0 radical (unpaired) electrons. The third-order valence-electron chi connectivity index (χ3n) is 5.51. The van der Waals surface area contributed by atoms with Gasteiger partial charge in [0.2, 0.25) is 5.91 Å². The lowest BCUT2D eigenvalue weighted by molar-refractivity contribution is -0.130. The number of benzene rings is 1. The number of carbonyl (C=O) groups is 1. The van der Waals surface area contributed by atoms with Gasteiger partial charge in [-0.05, 0) is 18.9 Å². The van der Waals surface area contributed by atoms with E-state index in [9.17, 15) is 4.79 Å². The molecule has 0 saturated carbocycles. The van der Waals surface area contributed by atoms with Crippen LogP contribution < -0.4 is 0 Å². The average Bonchev–Trinajstić information content (AvgIpc) is 3.36. The first-order chi connectivity index (χ1) is 12.6. The van der Waals surface area contributed by atoms with Crippen molar-refractivity contribution in [1.82, 2.24) is 10.1 Å². The first kappa shape index (κ1) is 17.2. The van der Waals surface area contributed by atoms with Crippen LogP contribution in [0.5, 0.6) is 0 Å². The van der Waals surface area contributed by atoms with Gasteiger partial charge in [0.15, 0.2) is 0 Å². The normalized spacial score (nSPS) is 28.2. The summed E-state index contributed by atoms with van der Waals surface area (Å²) in [6, 6.07) is 12.2. The molecule has 6 nitrogen and oxygen atoms in total. The molecule has 1 spiro atoms. The maximum atomic E-state index is 12.7. The zero-order valence-corrected chi connectivity index (χ0v) is 15.2. The van der Waals surface area contributed by atoms with E-state index in [1.54, 1.807) is 13.2 Å². The number of nitrogens with zero attached hydrogens (tertiary/aromatic N) is 2. The van der Waals surface area contributed by atoms with Crippen LogP contribution in [0.25, 0.3) is 0 Å². The molecule has 0 bridgehead atoms. The minimum Gasteiger partial charge on any atom is -0.377 e. The van der Waals surface area contributed by atoms with Crippen molar-refractivity contribution in [2.24, 2.45) is 0 Å². The smallest absolute Gasteiger partial charge is 0.230 e. The number of rotatable bonds is 4. The van der Waals surface area contributed by atoms with Gasteiger partial charge in [-0.2, -0.15) is 0 Å². The highest BCUT2D eigenvalue weighted by molar-refractivity contribution is 5.78. The molecular weight excluding hydrogens is 332 g/mol. The molecule has 1 aromatic carbocycles. The highest BCUT2D eigenvalue weighted by atomic mass is 16.6. The number of hydrogen-bond acceptors (Lipinski definition) is 5. The SMILES string of the molecule is CO[C@@H]1CN(C(=O)Cc2cc(C)no2)C[C@]12C[C@H](c1ccccc1)CO2. The lowest BCUT2D eigenvalue weighted by atomic mass is 9.87. The topological polar surface area (TPSA) is 64.8 Å². The van der Waals surface area contributed by atoms with Gasteiger partial charge in [0, 0.05) is 25.6 Å². The highest BCUT2D eigenvalue weighted by Gasteiger charge is 2.54. The minimum atomic E-state index is -0.428. The Balaban J connectivity index is 1.46. The maximum Gasteiger partial charge on any atom is 0.230 e. The second-order valence-corrected chi connectivity index (χ2v) is 7.30. The maximum absolute atomic E-state index is 12.7. The fourth-order valence-electron chi connectivity index (χ4n) is 4.17. The van der Waals surface area contributed by atoms with Crippen molar-refractivity contribution >= 4 is 5.91 Å². The summed E-state index contributed by atoms with van der Waals surface area (Å²) in [6.45, 7) is 3.61. The summed E-state index contributed by atoms with van der Waals surface area (Å²) in [5.74, 6) is 0.949. The lowest BCUT2D eigenvalue weighted by Gasteiger charge is -2.28. The Morgan fingerprint density at radius 2 is 2.19 bits per heavy atom. The number of aryl methyl sites for hydroxylation is 1. The molecule has 4 rings (SSSR count). The Kier molecular flexibility index (Phi) is 4.54. The van der Waals surface area contributed by atoms with Gasteiger partial charge in [0.05, 0.1) is 25.3 Å². The first-order valence-corrected chi connectivity index (χ1v) is 9.01. The van der Waals surface area contributed by atoms with E-state index in [1.807, 2.05) is 17.9 Å².